The van der Waals surface area contributed by atoms with Gasteiger partial charge >= 0.3 is 0 Å². The van der Waals surface area contributed by atoms with Gasteiger partial charge in [-0.15, -0.1) is 0 Å². The van der Waals surface area contributed by atoms with Gasteiger partial charge in [-0.3, -0.25) is 4.90 Å². The van der Waals surface area contributed by atoms with Gasteiger partial charge in [-0.25, -0.2) is 0 Å². The maximum Gasteiger partial charge on any atom is 0.0702 e. The van der Waals surface area contributed by atoms with Crippen LogP contribution < -0.4 is 5.32 Å². The quantitative estimate of drug-likeness (QED) is 0.661. The molecule has 0 aromatic heterocycles. The van der Waals surface area contributed by atoms with Crippen LogP contribution >= 0.6 is 0 Å². The molecule has 0 radical (unpaired) electrons. The Morgan fingerprint density at radius 2 is 2.18 bits per heavy atom. The Morgan fingerprint density at radius 1 is 1.35 bits per heavy atom. The molecule has 1 saturated heterocycles. The first-order chi connectivity index (χ1) is 8.27. The molecular weight excluding hydrogens is 212 g/mol. The van der Waals surface area contributed by atoms with Crippen LogP contribution in [0, 0.1) is 0 Å². The van der Waals surface area contributed by atoms with Crippen LogP contribution in [-0.4, -0.2) is 49.8 Å². The van der Waals surface area contributed by atoms with Gasteiger partial charge in [-0.05, 0) is 59.2 Å². The molecule has 0 amide bonds. The standard InChI is InChI=1S/C14H30N2O/c1-4-9-15-10-8-13(3)16-11-6-7-14(12-16)17-5-2/h13-15H,4-12H2,1-3H3. The number of hydrogen-bond donors (Lipinski definition) is 1. The van der Waals surface area contributed by atoms with Crippen LogP contribution in [0.25, 0.3) is 0 Å². The molecule has 102 valence electrons. The molecular formula is C14H30N2O. The highest BCUT2D eigenvalue weighted by atomic mass is 16.5. The van der Waals surface area contributed by atoms with E-state index < -0.39 is 0 Å². The lowest BCUT2D eigenvalue weighted by Gasteiger charge is -2.36. The Labute approximate surface area is 107 Å². The van der Waals surface area contributed by atoms with E-state index in [1.54, 1.807) is 0 Å². The van der Waals surface area contributed by atoms with Gasteiger partial charge in [-0.1, -0.05) is 6.92 Å². The van der Waals surface area contributed by atoms with E-state index in [1.165, 1.54) is 32.2 Å². The average Bonchev–Trinajstić information content (AvgIpc) is 2.35. The first-order valence-electron chi connectivity index (χ1n) is 7.34. The summed E-state index contributed by atoms with van der Waals surface area (Å²) < 4.78 is 5.75. The van der Waals surface area contributed by atoms with Gasteiger partial charge in [0, 0.05) is 19.2 Å². The summed E-state index contributed by atoms with van der Waals surface area (Å²) in [6.45, 7) is 12.2. The third-order valence-corrected chi connectivity index (χ3v) is 3.60. The van der Waals surface area contributed by atoms with Crippen LogP contribution in [-0.2, 0) is 4.74 Å². The van der Waals surface area contributed by atoms with Gasteiger partial charge in [0.05, 0.1) is 6.10 Å². The summed E-state index contributed by atoms with van der Waals surface area (Å²) in [5.74, 6) is 0. The molecule has 1 aliphatic rings. The third kappa shape index (κ3) is 5.84. The summed E-state index contributed by atoms with van der Waals surface area (Å²) in [6, 6.07) is 0.683. The minimum atomic E-state index is 0.472. The van der Waals surface area contributed by atoms with E-state index in [1.807, 2.05) is 0 Å². The van der Waals surface area contributed by atoms with Crippen molar-refractivity contribution < 1.29 is 4.74 Å². The molecule has 1 aliphatic heterocycles. The second kappa shape index (κ2) is 8.90. The fraction of sp³-hybridized carbons (Fsp3) is 1.00. The summed E-state index contributed by atoms with van der Waals surface area (Å²) in [4.78, 5) is 2.59. The van der Waals surface area contributed by atoms with E-state index in [2.05, 4.69) is 31.0 Å². The van der Waals surface area contributed by atoms with Crippen molar-refractivity contribution in [2.75, 3.05) is 32.8 Å². The largest absolute Gasteiger partial charge is 0.377 e. The second-order valence-electron chi connectivity index (χ2n) is 5.10. The molecule has 0 aromatic carbocycles. The van der Waals surface area contributed by atoms with Gasteiger partial charge < -0.3 is 10.1 Å². The van der Waals surface area contributed by atoms with Gasteiger partial charge in [0.1, 0.15) is 0 Å². The lowest BCUT2D eigenvalue weighted by molar-refractivity contribution is -0.00593. The van der Waals surface area contributed by atoms with Crippen molar-refractivity contribution in [2.24, 2.45) is 0 Å². The van der Waals surface area contributed by atoms with E-state index in [-0.39, 0.29) is 0 Å². The summed E-state index contributed by atoms with van der Waals surface area (Å²) in [5.41, 5.74) is 0. The van der Waals surface area contributed by atoms with Gasteiger partial charge in [-0.2, -0.15) is 0 Å². The molecule has 0 bridgehead atoms. The normalized spacial score (nSPS) is 23.8. The minimum absolute atomic E-state index is 0.472. The smallest absolute Gasteiger partial charge is 0.0702 e. The zero-order valence-electron chi connectivity index (χ0n) is 11.9. The van der Waals surface area contributed by atoms with Crippen LogP contribution in [0.3, 0.4) is 0 Å². The molecule has 3 heteroatoms. The molecule has 1 rings (SSSR count). The first-order valence-corrected chi connectivity index (χ1v) is 7.34. The van der Waals surface area contributed by atoms with Gasteiger partial charge in [0.25, 0.3) is 0 Å². The van der Waals surface area contributed by atoms with Crippen molar-refractivity contribution in [2.45, 2.75) is 58.6 Å². The van der Waals surface area contributed by atoms with E-state index in [0.29, 0.717) is 12.1 Å². The summed E-state index contributed by atoms with van der Waals surface area (Å²) in [7, 11) is 0. The van der Waals surface area contributed by atoms with Crippen molar-refractivity contribution in [1.29, 1.82) is 0 Å². The van der Waals surface area contributed by atoms with Crippen molar-refractivity contribution in [3.05, 3.63) is 0 Å². The number of likely N-dealkylation sites (tertiary alicyclic amines) is 1. The third-order valence-electron chi connectivity index (χ3n) is 3.60. The van der Waals surface area contributed by atoms with E-state index >= 15 is 0 Å². The van der Waals surface area contributed by atoms with Crippen molar-refractivity contribution in [3.8, 4) is 0 Å². The summed E-state index contributed by atoms with van der Waals surface area (Å²) in [5, 5.41) is 3.48. The van der Waals surface area contributed by atoms with E-state index in [4.69, 9.17) is 4.74 Å². The molecule has 1 fully saturated rings. The fourth-order valence-electron chi connectivity index (χ4n) is 2.53. The Balaban J connectivity index is 2.18. The Kier molecular flexibility index (Phi) is 7.82. The van der Waals surface area contributed by atoms with Gasteiger partial charge in [0.2, 0.25) is 0 Å². The van der Waals surface area contributed by atoms with Crippen LogP contribution in [0.5, 0.6) is 0 Å². The molecule has 0 saturated carbocycles. The number of nitrogens with zero attached hydrogens (tertiary/aromatic N) is 1. The predicted octanol–water partition coefficient (Wildman–Crippen LogP) is 2.27. The monoisotopic (exact) mass is 242 g/mol. The minimum Gasteiger partial charge on any atom is -0.377 e. The zero-order valence-corrected chi connectivity index (χ0v) is 11.9. The fourth-order valence-corrected chi connectivity index (χ4v) is 2.53. The number of hydrogen-bond acceptors (Lipinski definition) is 3. The topological polar surface area (TPSA) is 24.5 Å². The molecule has 0 spiro atoms. The Bertz CT molecular complexity index is 185. The van der Waals surface area contributed by atoms with Crippen LogP contribution in [0.4, 0.5) is 0 Å². The van der Waals surface area contributed by atoms with Crippen LogP contribution in [0.2, 0.25) is 0 Å². The maximum atomic E-state index is 5.75. The summed E-state index contributed by atoms with van der Waals surface area (Å²) in [6.07, 6.45) is 5.48. The molecule has 2 atom stereocenters. The van der Waals surface area contributed by atoms with Crippen molar-refractivity contribution >= 4 is 0 Å². The van der Waals surface area contributed by atoms with Crippen LogP contribution in [0.1, 0.15) is 46.5 Å². The van der Waals surface area contributed by atoms with Crippen LogP contribution in [0.15, 0.2) is 0 Å². The Hall–Kier alpha value is -0.120. The average molecular weight is 242 g/mol. The van der Waals surface area contributed by atoms with Crippen molar-refractivity contribution in [3.63, 3.8) is 0 Å². The Morgan fingerprint density at radius 3 is 2.88 bits per heavy atom. The molecule has 3 nitrogen and oxygen atoms in total. The summed E-state index contributed by atoms with van der Waals surface area (Å²) >= 11 is 0. The SMILES string of the molecule is CCCNCCC(C)N1CCCC(OCC)C1. The predicted molar refractivity (Wildman–Crippen MR) is 73.5 cm³/mol. The number of rotatable bonds is 8. The second-order valence-corrected chi connectivity index (χ2v) is 5.10. The highest BCUT2D eigenvalue weighted by Crippen LogP contribution is 2.16. The number of piperidine rings is 1. The van der Waals surface area contributed by atoms with Crippen molar-refractivity contribution in [1.82, 2.24) is 10.2 Å². The van der Waals surface area contributed by atoms with Gasteiger partial charge in [0.15, 0.2) is 0 Å². The maximum absolute atomic E-state index is 5.75. The first kappa shape index (κ1) is 14.9. The molecule has 1 N–H and O–H groups in total. The lowest BCUT2D eigenvalue weighted by atomic mass is 10.0. The molecule has 0 aromatic rings. The molecule has 2 unspecified atom stereocenters. The molecule has 0 aliphatic carbocycles. The van der Waals surface area contributed by atoms with E-state index in [9.17, 15) is 0 Å². The number of nitrogens with one attached hydrogen (secondary N) is 1. The molecule has 1 heterocycles. The number of ether oxygens (including phenoxy) is 1. The van der Waals surface area contributed by atoms with E-state index in [0.717, 1.165) is 26.2 Å². The molecule has 17 heavy (non-hydrogen) atoms. The highest BCUT2D eigenvalue weighted by Gasteiger charge is 2.23. The lowest BCUT2D eigenvalue weighted by Crippen LogP contribution is -2.45. The highest BCUT2D eigenvalue weighted by molar-refractivity contribution is 4.77. The zero-order chi connectivity index (χ0) is 12.5.